The van der Waals surface area contributed by atoms with Crippen LogP contribution >= 0.6 is 11.8 Å². The van der Waals surface area contributed by atoms with Gasteiger partial charge < -0.3 is 20.2 Å². The van der Waals surface area contributed by atoms with Gasteiger partial charge in [-0.3, -0.25) is 4.79 Å². The molecule has 18 heavy (non-hydrogen) atoms. The first-order valence-corrected chi connectivity index (χ1v) is 6.67. The van der Waals surface area contributed by atoms with Crippen LogP contribution in [-0.4, -0.2) is 41.6 Å². The van der Waals surface area contributed by atoms with Crippen LogP contribution in [0.25, 0.3) is 0 Å². The lowest BCUT2D eigenvalue weighted by molar-refractivity contribution is -0.118. The van der Waals surface area contributed by atoms with Crippen LogP contribution in [0.1, 0.15) is 27.7 Å². The molecule has 104 valence electrons. The van der Waals surface area contributed by atoms with Gasteiger partial charge in [0.1, 0.15) is 11.9 Å². The summed E-state index contributed by atoms with van der Waals surface area (Å²) in [5.74, 6) is 0.642. The number of carbonyl (C=O) groups is 3. The van der Waals surface area contributed by atoms with E-state index in [9.17, 15) is 14.4 Å². The topological polar surface area (TPSA) is 84.5 Å². The van der Waals surface area contributed by atoms with Crippen molar-refractivity contribution >= 4 is 30.0 Å². The molecule has 0 saturated heterocycles. The molecule has 0 aliphatic heterocycles. The van der Waals surface area contributed by atoms with Gasteiger partial charge in [0.05, 0.1) is 11.9 Å². The second kappa shape index (κ2) is 7.97. The van der Waals surface area contributed by atoms with Gasteiger partial charge >= 0.3 is 6.09 Å². The van der Waals surface area contributed by atoms with Gasteiger partial charge in [-0.15, -0.1) is 11.8 Å². The van der Waals surface area contributed by atoms with E-state index < -0.39 is 17.7 Å². The Labute approximate surface area is 111 Å². The molecule has 0 spiro atoms. The molecule has 0 aromatic heterocycles. The minimum atomic E-state index is -0.626. The molecule has 6 nitrogen and oxygen atoms in total. The molecule has 7 heteroatoms. The highest BCUT2D eigenvalue weighted by Crippen LogP contribution is 2.07. The summed E-state index contributed by atoms with van der Waals surface area (Å²) < 4.78 is 5.03. The van der Waals surface area contributed by atoms with Gasteiger partial charge in [-0.25, -0.2) is 4.79 Å². The minimum absolute atomic E-state index is 0.134. The summed E-state index contributed by atoms with van der Waals surface area (Å²) in [6, 6.07) is -0.626. The second-order valence-electron chi connectivity index (χ2n) is 4.64. The molecule has 0 aliphatic rings. The van der Waals surface area contributed by atoms with Crippen molar-refractivity contribution in [3.05, 3.63) is 0 Å². The van der Waals surface area contributed by atoms with E-state index in [1.165, 1.54) is 18.7 Å². The molecule has 2 amide bonds. The SMILES string of the molecule is CC(=O)NCSC[C@@H](C=O)NC(=O)OC(C)(C)C. The Morgan fingerprint density at radius 1 is 1.39 bits per heavy atom. The number of alkyl carbamates (subject to hydrolysis) is 1. The first kappa shape index (κ1) is 16.8. The van der Waals surface area contributed by atoms with E-state index in [1.807, 2.05) is 0 Å². The van der Waals surface area contributed by atoms with Gasteiger partial charge in [0.2, 0.25) is 5.91 Å². The molecule has 0 unspecified atom stereocenters. The highest BCUT2D eigenvalue weighted by molar-refractivity contribution is 7.99. The van der Waals surface area contributed by atoms with E-state index in [1.54, 1.807) is 20.8 Å². The molecule has 0 radical (unpaired) electrons. The lowest BCUT2D eigenvalue weighted by Gasteiger charge is -2.21. The number of aldehydes is 1. The monoisotopic (exact) mass is 276 g/mol. The third-order valence-corrected chi connectivity index (χ3v) is 2.53. The third kappa shape index (κ3) is 9.95. The Bertz CT molecular complexity index is 302. The molecule has 0 saturated carbocycles. The van der Waals surface area contributed by atoms with Gasteiger partial charge in [0, 0.05) is 12.7 Å². The predicted octanol–water partition coefficient (Wildman–Crippen LogP) is 0.905. The molecule has 0 aromatic carbocycles. The summed E-state index contributed by atoms with van der Waals surface area (Å²) in [5, 5.41) is 5.03. The second-order valence-corrected chi connectivity index (χ2v) is 5.67. The van der Waals surface area contributed by atoms with Crippen molar-refractivity contribution < 1.29 is 19.1 Å². The number of hydrogen-bond acceptors (Lipinski definition) is 5. The number of amides is 2. The zero-order chi connectivity index (χ0) is 14.2. The first-order valence-electron chi connectivity index (χ1n) is 5.51. The van der Waals surface area contributed by atoms with Crippen molar-refractivity contribution in [1.29, 1.82) is 0 Å². The summed E-state index contributed by atoms with van der Waals surface area (Å²) in [6.07, 6.45) is 0.0183. The Morgan fingerprint density at radius 3 is 2.44 bits per heavy atom. The molecule has 0 aromatic rings. The van der Waals surface area contributed by atoms with Crippen LogP contribution in [0, 0.1) is 0 Å². The van der Waals surface area contributed by atoms with Crippen molar-refractivity contribution in [3.63, 3.8) is 0 Å². The lowest BCUT2D eigenvalue weighted by Crippen LogP contribution is -2.41. The smallest absolute Gasteiger partial charge is 0.408 e. The molecule has 1 atom stereocenters. The molecule has 0 heterocycles. The normalized spacial score (nSPS) is 12.4. The van der Waals surface area contributed by atoms with Gasteiger partial charge in [0.15, 0.2) is 0 Å². The van der Waals surface area contributed by atoms with E-state index in [4.69, 9.17) is 4.74 Å². The Morgan fingerprint density at radius 2 is 2.00 bits per heavy atom. The lowest BCUT2D eigenvalue weighted by atomic mass is 10.2. The molecule has 2 N–H and O–H groups in total. The highest BCUT2D eigenvalue weighted by atomic mass is 32.2. The number of nitrogens with one attached hydrogen (secondary N) is 2. The maximum absolute atomic E-state index is 11.4. The Hall–Kier alpha value is -1.24. The van der Waals surface area contributed by atoms with Gasteiger partial charge in [-0.1, -0.05) is 0 Å². The fourth-order valence-electron chi connectivity index (χ4n) is 0.912. The van der Waals surface area contributed by atoms with E-state index in [2.05, 4.69) is 10.6 Å². The van der Waals surface area contributed by atoms with Gasteiger partial charge in [0.25, 0.3) is 0 Å². The fourth-order valence-corrected chi connectivity index (χ4v) is 1.75. The van der Waals surface area contributed by atoms with Crippen molar-refractivity contribution in [2.24, 2.45) is 0 Å². The quantitative estimate of drug-likeness (QED) is 0.428. The van der Waals surface area contributed by atoms with Crippen LogP contribution in [0.5, 0.6) is 0 Å². The first-order chi connectivity index (χ1) is 8.24. The third-order valence-electron chi connectivity index (χ3n) is 1.59. The van der Waals surface area contributed by atoms with Crippen LogP contribution in [0.4, 0.5) is 4.79 Å². The Balaban J connectivity index is 3.93. The number of thioether (sulfide) groups is 1. The van der Waals surface area contributed by atoms with Crippen LogP contribution in [-0.2, 0) is 14.3 Å². The van der Waals surface area contributed by atoms with Crippen LogP contribution in [0.3, 0.4) is 0 Å². The molecule has 0 rings (SSSR count). The van der Waals surface area contributed by atoms with Crippen molar-refractivity contribution in [2.45, 2.75) is 39.3 Å². The van der Waals surface area contributed by atoms with Crippen LogP contribution < -0.4 is 10.6 Å². The summed E-state index contributed by atoms with van der Waals surface area (Å²) >= 11 is 1.34. The summed E-state index contributed by atoms with van der Waals surface area (Å²) in [4.78, 5) is 32.8. The Kier molecular flexibility index (Phi) is 7.42. The zero-order valence-corrected chi connectivity index (χ0v) is 11.9. The van der Waals surface area contributed by atoms with Crippen LogP contribution in [0.15, 0.2) is 0 Å². The van der Waals surface area contributed by atoms with E-state index >= 15 is 0 Å². The molecule has 0 aliphatic carbocycles. The maximum atomic E-state index is 11.4. The largest absolute Gasteiger partial charge is 0.444 e. The van der Waals surface area contributed by atoms with Crippen LogP contribution in [0.2, 0.25) is 0 Å². The maximum Gasteiger partial charge on any atom is 0.408 e. The zero-order valence-electron chi connectivity index (χ0n) is 11.1. The average molecular weight is 276 g/mol. The van der Waals surface area contributed by atoms with Gasteiger partial charge in [-0.05, 0) is 20.8 Å². The summed E-state index contributed by atoms with van der Waals surface area (Å²) in [7, 11) is 0. The fraction of sp³-hybridized carbons (Fsp3) is 0.727. The molecular formula is C11H20N2O4S. The predicted molar refractivity (Wildman–Crippen MR) is 70.4 cm³/mol. The number of ether oxygens (including phenoxy) is 1. The minimum Gasteiger partial charge on any atom is -0.444 e. The molecular weight excluding hydrogens is 256 g/mol. The molecule has 0 bridgehead atoms. The summed E-state index contributed by atoms with van der Waals surface area (Å²) in [6.45, 7) is 6.65. The van der Waals surface area contributed by atoms with Gasteiger partial charge in [-0.2, -0.15) is 0 Å². The van der Waals surface area contributed by atoms with E-state index in [0.29, 0.717) is 17.9 Å². The average Bonchev–Trinajstić information content (AvgIpc) is 2.19. The van der Waals surface area contributed by atoms with Crippen molar-refractivity contribution in [2.75, 3.05) is 11.6 Å². The van der Waals surface area contributed by atoms with Crippen molar-refractivity contribution in [3.8, 4) is 0 Å². The standard InChI is InChI=1S/C11H20N2O4S/c1-8(15)12-7-18-6-9(5-14)13-10(16)17-11(2,3)4/h5,9H,6-7H2,1-4H3,(H,12,15)(H,13,16)/t9-/m1/s1. The van der Waals surface area contributed by atoms with E-state index in [-0.39, 0.29) is 5.91 Å². The summed E-state index contributed by atoms with van der Waals surface area (Å²) in [5.41, 5.74) is -0.596. The highest BCUT2D eigenvalue weighted by Gasteiger charge is 2.19. The number of hydrogen-bond donors (Lipinski definition) is 2. The number of rotatable bonds is 6. The number of carbonyl (C=O) groups excluding carboxylic acids is 3. The van der Waals surface area contributed by atoms with E-state index in [0.717, 1.165) is 0 Å². The molecule has 0 fully saturated rings. The van der Waals surface area contributed by atoms with Crippen molar-refractivity contribution in [1.82, 2.24) is 10.6 Å².